The fourth-order valence-electron chi connectivity index (χ4n) is 2.60. The van der Waals surface area contributed by atoms with E-state index in [2.05, 4.69) is 15.9 Å². The lowest BCUT2D eigenvalue weighted by Gasteiger charge is -2.34. The molecule has 0 saturated carbocycles. The summed E-state index contributed by atoms with van der Waals surface area (Å²) in [6.07, 6.45) is 0.409. The molecule has 6 heteroatoms. The molecule has 2 heterocycles. The van der Waals surface area contributed by atoms with Gasteiger partial charge in [-0.1, -0.05) is 34.1 Å². The van der Waals surface area contributed by atoms with Gasteiger partial charge in [0.1, 0.15) is 0 Å². The quantitative estimate of drug-likeness (QED) is 0.805. The number of nitrogens with zero attached hydrogens (tertiary/aromatic N) is 2. The van der Waals surface area contributed by atoms with Gasteiger partial charge in [0.2, 0.25) is 5.91 Å². The van der Waals surface area contributed by atoms with Crippen LogP contribution in [0.2, 0.25) is 0 Å². The van der Waals surface area contributed by atoms with Gasteiger partial charge in [0.05, 0.1) is 11.3 Å². The first-order chi connectivity index (χ1) is 11.1. The Morgan fingerprint density at radius 3 is 2.26 bits per heavy atom. The zero-order chi connectivity index (χ0) is 16.2. The third kappa shape index (κ3) is 4.00. The number of benzene rings is 1. The molecular weight excluding hydrogens is 376 g/mol. The predicted octanol–water partition coefficient (Wildman–Crippen LogP) is 3.04. The van der Waals surface area contributed by atoms with Crippen LogP contribution in [0, 0.1) is 0 Å². The van der Waals surface area contributed by atoms with Crippen LogP contribution in [0.15, 0.2) is 46.3 Å². The van der Waals surface area contributed by atoms with Gasteiger partial charge in [-0.05, 0) is 29.1 Å². The van der Waals surface area contributed by atoms with Crippen molar-refractivity contribution >= 4 is 39.1 Å². The number of rotatable bonds is 3. The summed E-state index contributed by atoms with van der Waals surface area (Å²) in [5.74, 6) is 0.190. The second kappa shape index (κ2) is 7.27. The molecule has 0 aliphatic carbocycles. The Bertz CT molecular complexity index is 677. The van der Waals surface area contributed by atoms with Gasteiger partial charge >= 0.3 is 0 Å². The molecule has 120 valence electrons. The van der Waals surface area contributed by atoms with Crippen molar-refractivity contribution < 1.29 is 9.59 Å². The van der Waals surface area contributed by atoms with Crippen LogP contribution in [-0.4, -0.2) is 47.8 Å². The molecule has 0 unspecified atom stereocenters. The van der Waals surface area contributed by atoms with E-state index in [-0.39, 0.29) is 11.8 Å². The van der Waals surface area contributed by atoms with E-state index in [1.807, 2.05) is 51.6 Å². The van der Waals surface area contributed by atoms with Crippen LogP contribution < -0.4 is 0 Å². The van der Waals surface area contributed by atoms with Crippen LogP contribution in [-0.2, 0) is 11.2 Å². The van der Waals surface area contributed by atoms with Gasteiger partial charge < -0.3 is 9.80 Å². The SMILES string of the molecule is O=C(Cc1ccc(Br)cc1)N1CCN(C(=O)c2cccs2)CC1. The van der Waals surface area contributed by atoms with Crippen LogP contribution in [0.25, 0.3) is 0 Å². The first kappa shape index (κ1) is 16.2. The Kier molecular flexibility index (Phi) is 5.13. The first-order valence-corrected chi connectivity index (χ1v) is 9.16. The maximum atomic E-state index is 12.4. The van der Waals surface area contributed by atoms with Gasteiger partial charge in [0, 0.05) is 30.7 Å². The monoisotopic (exact) mass is 392 g/mol. The number of hydrogen-bond donors (Lipinski definition) is 0. The Morgan fingerprint density at radius 1 is 1.00 bits per heavy atom. The van der Waals surface area contributed by atoms with Gasteiger partial charge in [-0.25, -0.2) is 0 Å². The molecule has 0 N–H and O–H groups in total. The minimum absolute atomic E-state index is 0.0695. The number of halogens is 1. The summed E-state index contributed by atoms with van der Waals surface area (Å²) in [6.45, 7) is 2.41. The highest BCUT2D eigenvalue weighted by atomic mass is 79.9. The molecule has 1 fully saturated rings. The highest BCUT2D eigenvalue weighted by molar-refractivity contribution is 9.10. The second-order valence-corrected chi connectivity index (χ2v) is 7.32. The zero-order valence-corrected chi connectivity index (χ0v) is 15.0. The molecule has 1 aromatic carbocycles. The third-order valence-electron chi connectivity index (χ3n) is 3.92. The molecule has 2 aromatic rings. The fourth-order valence-corrected chi connectivity index (χ4v) is 3.56. The number of carbonyl (C=O) groups is 2. The lowest BCUT2D eigenvalue weighted by molar-refractivity contribution is -0.131. The largest absolute Gasteiger partial charge is 0.339 e. The highest BCUT2D eigenvalue weighted by Crippen LogP contribution is 2.15. The molecule has 23 heavy (non-hydrogen) atoms. The van der Waals surface area contributed by atoms with Crippen LogP contribution in [0.4, 0.5) is 0 Å². The molecule has 1 aromatic heterocycles. The van der Waals surface area contributed by atoms with Crippen molar-refractivity contribution in [2.24, 2.45) is 0 Å². The third-order valence-corrected chi connectivity index (χ3v) is 5.31. The summed E-state index contributed by atoms with van der Waals surface area (Å²) < 4.78 is 1.01. The van der Waals surface area contributed by atoms with Gasteiger partial charge in [0.15, 0.2) is 0 Å². The smallest absolute Gasteiger partial charge is 0.264 e. The number of amides is 2. The van der Waals surface area contributed by atoms with Crippen LogP contribution in [0.5, 0.6) is 0 Å². The van der Waals surface area contributed by atoms with E-state index in [1.165, 1.54) is 11.3 Å². The molecule has 3 rings (SSSR count). The molecule has 1 aliphatic heterocycles. The van der Waals surface area contributed by atoms with Gasteiger partial charge in [-0.15, -0.1) is 11.3 Å². The molecule has 0 atom stereocenters. The fraction of sp³-hybridized carbons (Fsp3) is 0.294. The topological polar surface area (TPSA) is 40.6 Å². The van der Waals surface area contributed by atoms with Crippen molar-refractivity contribution in [1.29, 1.82) is 0 Å². The summed E-state index contributed by atoms with van der Waals surface area (Å²) >= 11 is 4.85. The summed E-state index contributed by atoms with van der Waals surface area (Å²) in [5.41, 5.74) is 1.01. The van der Waals surface area contributed by atoms with Crippen LogP contribution in [0.3, 0.4) is 0 Å². The summed E-state index contributed by atoms with van der Waals surface area (Å²) in [4.78, 5) is 29.1. The Balaban J connectivity index is 1.53. The normalized spacial score (nSPS) is 14.8. The number of carbonyl (C=O) groups excluding carboxylic acids is 2. The molecule has 4 nitrogen and oxygen atoms in total. The van der Waals surface area contributed by atoms with E-state index in [9.17, 15) is 9.59 Å². The lowest BCUT2D eigenvalue weighted by atomic mass is 10.1. The summed E-state index contributed by atoms with van der Waals surface area (Å²) in [7, 11) is 0. The Labute approximate surface area is 147 Å². The van der Waals surface area contributed by atoms with Crippen molar-refractivity contribution in [3.05, 3.63) is 56.7 Å². The van der Waals surface area contributed by atoms with Crippen molar-refractivity contribution in [2.75, 3.05) is 26.2 Å². The van der Waals surface area contributed by atoms with Crippen LogP contribution >= 0.6 is 27.3 Å². The molecule has 0 spiro atoms. The maximum Gasteiger partial charge on any atom is 0.264 e. The predicted molar refractivity (Wildman–Crippen MR) is 94.6 cm³/mol. The van der Waals surface area contributed by atoms with E-state index < -0.39 is 0 Å². The maximum absolute atomic E-state index is 12.4. The average Bonchev–Trinajstić information content (AvgIpc) is 3.11. The lowest BCUT2D eigenvalue weighted by Crippen LogP contribution is -2.50. The van der Waals surface area contributed by atoms with E-state index in [0.29, 0.717) is 32.6 Å². The molecule has 2 amide bonds. The van der Waals surface area contributed by atoms with E-state index >= 15 is 0 Å². The minimum Gasteiger partial charge on any atom is -0.339 e. The summed E-state index contributed by atoms with van der Waals surface area (Å²) in [5, 5.41) is 1.91. The standard InChI is InChI=1S/C17H17BrN2O2S/c18-14-5-3-13(4-6-14)12-16(21)19-7-9-20(10-8-19)17(22)15-2-1-11-23-15/h1-6,11H,7-10,12H2. The van der Waals surface area contributed by atoms with Gasteiger partial charge in [-0.2, -0.15) is 0 Å². The highest BCUT2D eigenvalue weighted by Gasteiger charge is 2.25. The van der Waals surface area contributed by atoms with Gasteiger partial charge in [-0.3, -0.25) is 9.59 Å². The van der Waals surface area contributed by atoms with E-state index in [0.717, 1.165) is 14.9 Å². The number of hydrogen-bond acceptors (Lipinski definition) is 3. The number of piperazine rings is 1. The molecular formula is C17H17BrN2O2S. The van der Waals surface area contributed by atoms with Crippen molar-refractivity contribution in [3.63, 3.8) is 0 Å². The second-order valence-electron chi connectivity index (χ2n) is 5.45. The Hall–Kier alpha value is -1.66. The van der Waals surface area contributed by atoms with Crippen molar-refractivity contribution in [2.45, 2.75) is 6.42 Å². The van der Waals surface area contributed by atoms with Crippen LogP contribution in [0.1, 0.15) is 15.2 Å². The Morgan fingerprint density at radius 2 is 1.65 bits per heavy atom. The van der Waals surface area contributed by atoms with E-state index in [1.54, 1.807) is 0 Å². The first-order valence-electron chi connectivity index (χ1n) is 7.48. The van der Waals surface area contributed by atoms with E-state index in [4.69, 9.17) is 0 Å². The molecule has 0 radical (unpaired) electrons. The minimum atomic E-state index is 0.0695. The molecule has 1 saturated heterocycles. The molecule has 0 bridgehead atoms. The number of thiophene rings is 1. The average molecular weight is 393 g/mol. The van der Waals surface area contributed by atoms with Crippen molar-refractivity contribution in [3.8, 4) is 0 Å². The summed E-state index contributed by atoms with van der Waals surface area (Å²) in [6, 6.07) is 11.5. The van der Waals surface area contributed by atoms with Crippen molar-refractivity contribution in [1.82, 2.24) is 9.80 Å². The zero-order valence-electron chi connectivity index (χ0n) is 12.6. The molecule has 1 aliphatic rings. The van der Waals surface area contributed by atoms with Gasteiger partial charge in [0.25, 0.3) is 5.91 Å².